The third-order valence-corrected chi connectivity index (χ3v) is 3.57. The molecule has 0 N–H and O–H groups in total. The fraction of sp³-hybridized carbons (Fsp3) is 0.615. The van der Waals surface area contributed by atoms with E-state index < -0.39 is 5.60 Å². The van der Waals surface area contributed by atoms with Gasteiger partial charge in [-0.15, -0.1) is 6.42 Å². The first-order valence-corrected chi connectivity index (χ1v) is 6.15. The molecular formula is C13H18N3O2+. The summed E-state index contributed by atoms with van der Waals surface area (Å²) in [6.07, 6.45) is 13.4. The first-order valence-electron chi connectivity index (χ1n) is 6.15. The van der Waals surface area contributed by atoms with Gasteiger partial charge in [-0.2, -0.15) is 4.91 Å². The Hall–Kier alpha value is -1.67. The van der Waals surface area contributed by atoms with Gasteiger partial charge in [-0.3, -0.25) is 0 Å². The number of aromatic nitrogens is 2. The molecule has 1 saturated carbocycles. The molecule has 5 nitrogen and oxygen atoms in total. The molecule has 0 aromatic carbocycles. The van der Waals surface area contributed by atoms with Gasteiger partial charge in [-0.25, -0.2) is 9.13 Å². The van der Waals surface area contributed by atoms with Crippen molar-refractivity contribution in [2.45, 2.75) is 44.6 Å². The zero-order chi connectivity index (χ0) is 13.0. The summed E-state index contributed by atoms with van der Waals surface area (Å²) in [5, 5.41) is 2.93. The van der Waals surface area contributed by atoms with E-state index in [0.717, 1.165) is 31.5 Å². The van der Waals surface area contributed by atoms with Gasteiger partial charge in [0.05, 0.1) is 7.05 Å². The zero-order valence-corrected chi connectivity index (χ0v) is 10.6. The molecular weight excluding hydrogens is 230 g/mol. The van der Waals surface area contributed by atoms with Crippen LogP contribution in [0.1, 0.15) is 31.5 Å². The second-order valence-corrected chi connectivity index (χ2v) is 4.70. The largest absolute Gasteiger partial charge is 0.322 e. The van der Waals surface area contributed by atoms with Crippen LogP contribution >= 0.6 is 0 Å². The lowest BCUT2D eigenvalue weighted by molar-refractivity contribution is -0.679. The fourth-order valence-electron chi connectivity index (χ4n) is 2.40. The van der Waals surface area contributed by atoms with Gasteiger partial charge in [0.15, 0.2) is 13.3 Å². The molecule has 5 heteroatoms. The van der Waals surface area contributed by atoms with E-state index in [2.05, 4.69) is 11.1 Å². The monoisotopic (exact) mass is 248 g/mol. The Balaban J connectivity index is 2.06. The lowest BCUT2D eigenvalue weighted by atomic mass is 10.0. The van der Waals surface area contributed by atoms with E-state index in [1.54, 1.807) is 0 Å². The van der Waals surface area contributed by atoms with Crippen LogP contribution in [0.3, 0.4) is 0 Å². The van der Waals surface area contributed by atoms with Crippen molar-refractivity contribution < 1.29 is 9.30 Å². The summed E-state index contributed by atoms with van der Waals surface area (Å²) in [6.45, 7) is 0.506. The van der Waals surface area contributed by atoms with Crippen molar-refractivity contribution in [2.75, 3.05) is 0 Å². The molecule has 1 aliphatic rings. The molecule has 0 saturated heterocycles. The Bertz CT molecular complexity index is 467. The third kappa shape index (κ3) is 2.44. The van der Waals surface area contributed by atoms with Gasteiger partial charge in [0.1, 0.15) is 18.0 Å². The number of hydrogen-bond donors (Lipinski definition) is 0. The van der Waals surface area contributed by atoms with Crippen LogP contribution in [0.2, 0.25) is 0 Å². The summed E-state index contributed by atoms with van der Waals surface area (Å²) in [6, 6.07) is 0. The van der Waals surface area contributed by atoms with Crippen LogP contribution in [-0.2, 0) is 25.1 Å². The lowest BCUT2D eigenvalue weighted by Gasteiger charge is -2.21. The maximum absolute atomic E-state index is 10.4. The van der Waals surface area contributed by atoms with Gasteiger partial charge in [0, 0.05) is 0 Å². The van der Waals surface area contributed by atoms with E-state index >= 15 is 0 Å². The van der Waals surface area contributed by atoms with Crippen molar-refractivity contribution in [3.8, 4) is 12.3 Å². The molecule has 1 aliphatic carbocycles. The minimum atomic E-state index is -0.422. The van der Waals surface area contributed by atoms with Gasteiger partial charge in [0.2, 0.25) is 0 Å². The molecule has 1 fully saturated rings. The highest BCUT2D eigenvalue weighted by atomic mass is 16.5. The second kappa shape index (κ2) is 5.32. The van der Waals surface area contributed by atoms with E-state index in [1.807, 2.05) is 28.6 Å². The number of hydrogen-bond acceptors (Lipinski definition) is 3. The van der Waals surface area contributed by atoms with Crippen LogP contribution in [0.25, 0.3) is 0 Å². The minimum Gasteiger partial charge on any atom is -0.322 e. The molecule has 1 aromatic heterocycles. The van der Waals surface area contributed by atoms with Crippen molar-refractivity contribution in [3.63, 3.8) is 0 Å². The van der Waals surface area contributed by atoms with E-state index in [4.69, 9.17) is 11.2 Å². The van der Waals surface area contributed by atoms with E-state index in [-0.39, 0.29) is 6.54 Å². The molecule has 0 spiro atoms. The Morgan fingerprint density at radius 3 is 2.94 bits per heavy atom. The molecule has 0 bridgehead atoms. The van der Waals surface area contributed by atoms with Crippen molar-refractivity contribution >= 4 is 0 Å². The number of rotatable bonds is 5. The molecule has 18 heavy (non-hydrogen) atoms. The first kappa shape index (κ1) is 12.8. The van der Waals surface area contributed by atoms with Gasteiger partial charge < -0.3 is 4.74 Å². The lowest BCUT2D eigenvalue weighted by Crippen LogP contribution is -2.33. The van der Waals surface area contributed by atoms with E-state index in [1.165, 1.54) is 0 Å². The van der Waals surface area contributed by atoms with Crippen molar-refractivity contribution in [1.82, 2.24) is 4.57 Å². The highest BCUT2D eigenvalue weighted by Crippen LogP contribution is 2.32. The Kier molecular flexibility index (Phi) is 3.78. The SMILES string of the molecule is C#CC1(OCn2cc[n+](C)c2CN=O)CCCC1. The second-order valence-electron chi connectivity index (χ2n) is 4.70. The summed E-state index contributed by atoms with van der Waals surface area (Å²) in [5.74, 6) is 3.59. The smallest absolute Gasteiger partial charge is 0.283 e. The maximum Gasteiger partial charge on any atom is 0.283 e. The van der Waals surface area contributed by atoms with Crippen LogP contribution in [0, 0.1) is 17.3 Å². The van der Waals surface area contributed by atoms with Crippen LogP contribution in [-0.4, -0.2) is 10.2 Å². The molecule has 0 aliphatic heterocycles. The summed E-state index contributed by atoms with van der Waals surface area (Å²) >= 11 is 0. The van der Waals surface area contributed by atoms with Crippen LogP contribution in [0.4, 0.5) is 0 Å². The Labute approximate surface area is 107 Å². The summed E-state index contributed by atoms with van der Waals surface area (Å²) in [7, 11) is 1.88. The van der Waals surface area contributed by atoms with Crippen molar-refractivity contribution in [1.29, 1.82) is 0 Å². The highest BCUT2D eigenvalue weighted by Gasteiger charge is 2.33. The zero-order valence-electron chi connectivity index (χ0n) is 10.6. The first-order chi connectivity index (χ1) is 8.71. The fourth-order valence-corrected chi connectivity index (χ4v) is 2.40. The number of nitrogens with zero attached hydrogens (tertiary/aromatic N) is 3. The van der Waals surface area contributed by atoms with E-state index in [9.17, 15) is 4.91 Å². The number of terminal acetylenes is 1. The summed E-state index contributed by atoms with van der Waals surface area (Å²) in [4.78, 5) is 10.4. The van der Waals surface area contributed by atoms with Gasteiger partial charge in [-0.05, 0) is 25.7 Å². The van der Waals surface area contributed by atoms with Crippen LogP contribution in [0.5, 0.6) is 0 Å². The maximum atomic E-state index is 10.4. The topological polar surface area (TPSA) is 47.5 Å². The molecule has 0 unspecified atom stereocenters. The standard InChI is InChI=1S/C13H18N3O2/c1-3-13(6-4-5-7-13)18-11-16-9-8-15(2)12(16)10-14-17/h1,8-9H,4-7,10-11H2,2H3/q+1. The molecule has 2 rings (SSSR count). The molecule has 0 amide bonds. The normalized spacial score (nSPS) is 17.6. The number of aryl methyl sites for hydroxylation is 1. The Morgan fingerprint density at radius 2 is 2.33 bits per heavy atom. The van der Waals surface area contributed by atoms with Gasteiger partial charge in [-0.1, -0.05) is 11.1 Å². The third-order valence-electron chi connectivity index (χ3n) is 3.57. The number of imidazole rings is 1. The average Bonchev–Trinajstić information content (AvgIpc) is 2.97. The summed E-state index contributed by atoms with van der Waals surface area (Å²) < 4.78 is 9.63. The Morgan fingerprint density at radius 1 is 1.61 bits per heavy atom. The predicted octanol–water partition coefficient (Wildman–Crippen LogP) is 1.50. The van der Waals surface area contributed by atoms with Crippen molar-refractivity contribution in [3.05, 3.63) is 23.1 Å². The number of ether oxygens (including phenoxy) is 1. The average molecular weight is 248 g/mol. The molecule has 0 atom stereocenters. The van der Waals surface area contributed by atoms with E-state index in [0.29, 0.717) is 6.73 Å². The minimum absolute atomic E-state index is 0.135. The molecule has 96 valence electrons. The van der Waals surface area contributed by atoms with Crippen molar-refractivity contribution in [2.24, 2.45) is 12.2 Å². The molecule has 1 heterocycles. The molecule has 0 radical (unpaired) electrons. The summed E-state index contributed by atoms with van der Waals surface area (Å²) in [5.41, 5.74) is -0.422. The van der Waals surface area contributed by atoms with Crippen LogP contribution < -0.4 is 4.57 Å². The van der Waals surface area contributed by atoms with Gasteiger partial charge >= 0.3 is 0 Å². The number of nitroso groups, excluding NO2 is 1. The van der Waals surface area contributed by atoms with Crippen LogP contribution in [0.15, 0.2) is 17.6 Å². The highest BCUT2D eigenvalue weighted by molar-refractivity contribution is 5.10. The quantitative estimate of drug-likeness (QED) is 0.450. The molecule has 1 aromatic rings. The predicted molar refractivity (Wildman–Crippen MR) is 66.2 cm³/mol. The van der Waals surface area contributed by atoms with Gasteiger partial charge in [0.25, 0.3) is 5.82 Å².